The largest absolute Gasteiger partial charge is 0.464 e. The van der Waals surface area contributed by atoms with E-state index in [9.17, 15) is 4.79 Å². The van der Waals surface area contributed by atoms with Gasteiger partial charge in [0.25, 0.3) is 0 Å². The van der Waals surface area contributed by atoms with Crippen molar-refractivity contribution in [1.82, 2.24) is 19.7 Å². The predicted octanol–water partition coefficient (Wildman–Crippen LogP) is -0.189. The Morgan fingerprint density at radius 3 is 2.71 bits per heavy atom. The Kier molecular flexibility index (Phi) is 3.22. The minimum Gasteiger partial charge on any atom is -0.464 e. The van der Waals surface area contributed by atoms with Gasteiger partial charge in [-0.15, -0.1) is 0 Å². The van der Waals surface area contributed by atoms with E-state index in [1.165, 1.54) is 24.4 Å². The van der Waals surface area contributed by atoms with Crippen LogP contribution in [0.4, 0.5) is 0 Å². The standard InChI is InChI=1S/C8H12N4O2/c1-11(2)4-7(8(13)14-3)12-6-9-5-10-12/h4-6H,1-3H3/b7-4+. The van der Waals surface area contributed by atoms with Crippen molar-refractivity contribution >= 4 is 11.7 Å². The number of aromatic nitrogens is 3. The fourth-order valence-corrected chi connectivity index (χ4v) is 0.887. The molecule has 14 heavy (non-hydrogen) atoms. The summed E-state index contributed by atoms with van der Waals surface area (Å²) in [5, 5.41) is 3.85. The maximum absolute atomic E-state index is 11.3. The molecule has 1 rings (SSSR count). The van der Waals surface area contributed by atoms with Crippen LogP contribution < -0.4 is 0 Å². The Hall–Kier alpha value is -1.85. The summed E-state index contributed by atoms with van der Waals surface area (Å²) in [5.41, 5.74) is 0.315. The van der Waals surface area contributed by atoms with Crippen LogP contribution in [0.5, 0.6) is 0 Å². The molecule has 0 N–H and O–H groups in total. The van der Waals surface area contributed by atoms with Crippen molar-refractivity contribution in [2.24, 2.45) is 0 Å². The Balaban J connectivity index is 3.00. The van der Waals surface area contributed by atoms with Crippen molar-refractivity contribution in [1.29, 1.82) is 0 Å². The highest BCUT2D eigenvalue weighted by molar-refractivity contribution is 6.09. The summed E-state index contributed by atoms with van der Waals surface area (Å²) in [4.78, 5) is 16.8. The number of esters is 1. The lowest BCUT2D eigenvalue weighted by Gasteiger charge is -2.09. The molecule has 0 aliphatic rings. The SMILES string of the molecule is COC(=O)/C(=C\N(C)C)n1cncn1. The van der Waals surface area contributed by atoms with Gasteiger partial charge in [-0.3, -0.25) is 0 Å². The summed E-state index contributed by atoms with van der Waals surface area (Å²) in [5.74, 6) is -0.454. The molecule has 76 valence electrons. The van der Waals surface area contributed by atoms with Crippen LogP contribution in [0.2, 0.25) is 0 Å². The Bertz CT molecular complexity index is 329. The van der Waals surface area contributed by atoms with Gasteiger partial charge in [0.2, 0.25) is 0 Å². The third-order valence-electron chi connectivity index (χ3n) is 1.44. The lowest BCUT2D eigenvalue weighted by atomic mass is 10.4. The smallest absolute Gasteiger partial charge is 0.358 e. The van der Waals surface area contributed by atoms with Gasteiger partial charge in [-0.05, 0) is 0 Å². The zero-order valence-corrected chi connectivity index (χ0v) is 8.34. The average Bonchev–Trinajstić information content (AvgIpc) is 2.65. The molecule has 0 aliphatic carbocycles. The third-order valence-corrected chi connectivity index (χ3v) is 1.44. The minimum atomic E-state index is -0.454. The average molecular weight is 196 g/mol. The lowest BCUT2D eigenvalue weighted by molar-refractivity contribution is -0.134. The Morgan fingerprint density at radius 2 is 2.29 bits per heavy atom. The fourth-order valence-electron chi connectivity index (χ4n) is 0.887. The molecule has 0 bridgehead atoms. The van der Waals surface area contributed by atoms with Crippen LogP contribution >= 0.6 is 0 Å². The van der Waals surface area contributed by atoms with E-state index in [4.69, 9.17) is 0 Å². The van der Waals surface area contributed by atoms with Crippen molar-refractivity contribution in [3.05, 3.63) is 18.9 Å². The highest BCUT2D eigenvalue weighted by atomic mass is 16.5. The van der Waals surface area contributed by atoms with Gasteiger partial charge < -0.3 is 9.64 Å². The van der Waals surface area contributed by atoms with Gasteiger partial charge in [0, 0.05) is 20.3 Å². The van der Waals surface area contributed by atoms with Crippen LogP contribution in [0.25, 0.3) is 5.70 Å². The summed E-state index contributed by atoms with van der Waals surface area (Å²) in [6, 6.07) is 0. The number of methoxy groups -OCH3 is 1. The molecule has 6 heteroatoms. The summed E-state index contributed by atoms with van der Waals surface area (Å²) < 4.78 is 5.97. The second kappa shape index (κ2) is 4.40. The molecule has 1 aromatic heterocycles. The Morgan fingerprint density at radius 1 is 1.57 bits per heavy atom. The van der Waals surface area contributed by atoms with Gasteiger partial charge in [0.15, 0.2) is 5.70 Å². The molecule has 0 unspecified atom stereocenters. The fraction of sp³-hybridized carbons (Fsp3) is 0.375. The van der Waals surface area contributed by atoms with Gasteiger partial charge in [-0.25, -0.2) is 14.5 Å². The van der Waals surface area contributed by atoms with Crippen LogP contribution in [-0.4, -0.2) is 46.8 Å². The number of hydrogen-bond acceptors (Lipinski definition) is 5. The van der Waals surface area contributed by atoms with Crippen LogP contribution in [0.1, 0.15) is 0 Å². The molecule has 0 aromatic carbocycles. The van der Waals surface area contributed by atoms with Gasteiger partial charge in [-0.2, -0.15) is 5.10 Å². The molecule has 0 spiro atoms. The van der Waals surface area contributed by atoms with Gasteiger partial charge >= 0.3 is 5.97 Å². The van der Waals surface area contributed by atoms with E-state index < -0.39 is 5.97 Å². The van der Waals surface area contributed by atoms with Crippen LogP contribution in [0, 0.1) is 0 Å². The number of carbonyl (C=O) groups is 1. The first-order valence-electron chi connectivity index (χ1n) is 3.96. The molecule has 0 aliphatic heterocycles. The van der Waals surface area contributed by atoms with Crippen molar-refractivity contribution in [2.75, 3.05) is 21.2 Å². The van der Waals surface area contributed by atoms with Crippen LogP contribution in [0.15, 0.2) is 18.9 Å². The molecular formula is C8H12N4O2. The predicted molar refractivity (Wildman–Crippen MR) is 50.0 cm³/mol. The second-order valence-electron chi connectivity index (χ2n) is 2.81. The first-order chi connectivity index (χ1) is 6.65. The van der Waals surface area contributed by atoms with Crippen LogP contribution in [0.3, 0.4) is 0 Å². The second-order valence-corrected chi connectivity index (χ2v) is 2.81. The molecule has 0 radical (unpaired) electrons. The number of rotatable bonds is 3. The number of nitrogens with zero attached hydrogens (tertiary/aromatic N) is 4. The maximum Gasteiger partial charge on any atom is 0.358 e. The number of hydrogen-bond donors (Lipinski definition) is 0. The van der Waals surface area contributed by atoms with E-state index in [2.05, 4.69) is 14.8 Å². The summed E-state index contributed by atoms with van der Waals surface area (Å²) in [7, 11) is 4.93. The van der Waals surface area contributed by atoms with E-state index in [0.717, 1.165) is 0 Å². The molecule has 1 heterocycles. The van der Waals surface area contributed by atoms with E-state index in [-0.39, 0.29) is 0 Å². The molecule has 0 saturated carbocycles. The molecule has 1 aromatic rings. The van der Waals surface area contributed by atoms with Crippen molar-refractivity contribution in [2.45, 2.75) is 0 Å². The van der Waals surface area contributed by atoms with Crippen molar-refractivity contribution in [3.8, 4) is 0 Å². The first kappa shape index (κ1) is 10.2. The van der Waals surface area contributed by atoms with Gasteiger partial charge in [0.05, 0.1) is 7.11 Å². The van der Waals surface area contributed by atoms with Crippen LogP contribution in [-0.2, 0) is 9.53 Å². The van der Waals surface area contributed by atoms with E-state index in [1.54, 1.807) is 25.2 Å². The molecule has 0 fully saturated rings. The molecule has 0 amide bonds. The minimum absolute atomic E-state index is 0.315. The van der Waals surface area contributed by atoms with E-state index in [1.807, 2.05) is 0 Å². The summed E-state index contributed by atoms with van der Waals surface area (Å²) >= 11 is 0. The first-order valence-corrected chi connectivity index (χ1v) is 3.96. The number of ether oxygens (including phenoxy) is 1. The zero-order valence-electron chi connectivity index (χ0n) is 8.34. The third kappa shape index (κ3) is 2.32. The van der Waals surface area contributed by atoms with E-state index in [0.29, 0.717) is 5.70 Å². The Labute approximate surface area is 81.8 Å². The zero-order chi connectivity index (χ0) is 10.6. The molecule has 0 saturated heterocycles. The van der Waals surface area contributed by atoms with Crippen molar-refractivity contribution in [3.63, 3.8) is 0 Å². The van der Waals surface area contributed by atoms with Gasteiger partial charge in [0.1, 0.15) is 12.7 Å². The highest BCUT2D eigenvalue weighted by Crippen LogP contribution is 2.04. The quantitative estimate of drug-likeness (QED) is 0.495. The monoisotopic (exact) mass is 196 g/mol. The number of carbonyl (C=O) groups excluding carboxylic acids is 1. The topological polar surface area (TPSA) is 60.2 Å². The van der Waals surface area contributed by atoms with Gasteiger partial charge in [-0.1, -0.05) is 0 Å². The lowest BCUT2D eigenvalue weighted by Crippen LogP contribution is -2.15. The summed E-state index contributed by atoms with van der Waals surface area (Å²) in [6.07, 6.45) is 4.40. The summed E-state index contributed by atoms with van der Waals surface area (Å²) in [6.45, 7) is 0. The van der Waals surface area contributed by atoms with E-state index >= 15 is 0 Å². The molecular weight excluding hydrogens is 184 g/mol. The normalized spacial score (nSPS) is 11.2. The van der Waals surface area contributed by atoms with Crippen molar-refractivity contribution < 1.29 is 9.53 Å². The maximum atomic E-state index is 11.3. The molecule has 0 atom stereocenters. The highest BCUT2D eigenvalue weighted by Gasteiger charge is 2.12. The molecule has 6 nitrogen and oxygen atoms in total.